The lowest BCUT2D eigenvalue weighted by Gasteiger charge is -2.40. The van der Waals surface area contributed by atoms with Gasteiger partial charge in [-0.3, -0.25) is 19.2 Å². The van der Waals surface area contributed by atoms with Crippen molar-refractivity contribution in [3.8, 4) is 12.3 Å². The third-order valence-corrected chi connectivity index (χ3v) is 12.5. The number of nitrogens with one attached hydrogen (secondary N) is 4. The topological polar surface area (TPSA) is 184 Å². The lowest BCUT2D eigenvalue weighted by molar-refractivity contribution is -0.145. The number of hydrogen-bond acceptors (Lipinski definition) is 8. The molecule has 4 N–H and O–H groups in total. The Bertz CT molecular complexity index is 1600. The first-order valence-electron chi connectivity index (χ1n) is 18.0. The molecule has 3 aliphatic rings. The summed E-state index contributed by atoms with van der Waals surface area (Å²) >= 11 is 0. The second-order valence-corrected chi connectivity index (χ2v) is 18.2. The van der Waals surface area contributed by atoms with Crippen LogP contribution in [0.15, 0.2) is 22.8 Å². The molecule has 2 unspecified atom stereocenters. The average molecular weight is 730 g/mol. The van der Waals surface area contributed by atoms with Crippen LogP contribution < -0.4 is 21.3 Å². The highest BCUT2D eigenvalue weighted by Gasteiger charge is 2.70. The van der Waals surface area contributed by atoms with Gasteiger partial charge in [-0.2, -0.15) is 0 Å². The van der Waals surface area contributed by atoms with E-state index in [4.69, 9.17) is 10.8 Å². The Kier molecular flexibility index (Phi) is 12.4. The van der Waals surface area contributed by atoms with E-state index >= 15 is 0 Å². The fraction of sp³-hybridized carbons (Fsp3) is 0.703. The van der Waals surface area contributed by atoms with Crippen LogP contribution in [0, 0.1) is 35.0 Å². The zero-order chi connectivity index (χ0) is 37.8. The molecule has 51 heavy (non-hydrogen) atoms. The molecule has 0 aromatic carbocycles. The predicted molar refractivity (Wildman–Crippen MR) is 191 cm³/mol. The second kappa shape index (κ2) is 15.8. The van der Waals surface area contributed by atoms with Gasteiger partial charge in [0.05, 0.1) is 23.6 Å². The van der Waals surface area contributed by atoms with Crippen molar-refractivity contribution in [2.45, 2.75) is 122 Å². The highest BCUT2D eigenvalue weighted by atomic mass is 32.2. The van der Waals surface area contributed by atoms with E-state index in [1.165, 1.54) is 11.2 Å². The summed E-state index contributed by atoms with van der Waals surface area (Å²) in [7, 11) is -3.67. The van der Waals surface area contributed by atoms with Crippen molar-refractivity contribution in [2.24, 2.45) is 22.7 Å². The highest BCUT2D eigenvalue weighted by Crippen LogP contribution is 2.65. The first kappa shape index (κ1) is 39.9. The van der Waals surface area contributed by atoms with Gasteiger partial charge in [0.1, 0.15) is 23.6 Å². The number of piperidine rings is 1. The van der Waals surface area contributed by atoms with Gasteiger partial charge >= 0.3 is 6.03 Å². The molecule has 5 amide bonds. The number of carbonyl (C=O) groups excluding carboxylic acids is 5. The van der Waals surface area contributed by atoms with Gasteiger partial charge in [-0.15, -0.1) is 12.3 Å². The third kappa shape index (κ3) is 9.53. The van der Waals surface area contributed by atoms with E-state index in [0.29, 0.717) is 31.6 Å². The van der Waals surface area contributed by atoms with Gasteiger partial charge in [0.25, 0.3) is 5.91 Å². The Labute approximate surface area is 302 Å². The van der Waals surface area contributed by atoms with Gasteiger partial charge in [0.15, 0.2) is 9.84 Å². The molecule has 0 spiro atoms. The fourth-order valence-electron chi connectivity index (χ4n) is 7.89. The molecule has 5 atom stereocenters. The quantitative estimate of drug-likeness (QED) is 0.157. The molecule has 3 fully saturated rings. The number of hydrogen-bond donors (Lipinski definition) is 4. The zero-order valence-corrected chi connectivity index (χ0v) is 31.6. The number of ketones is 1. The molecule has 282 valence electrons. The van der Waals surface area contributed by atoms with Crippen LogP contribution in [0.25, 0.3) is 0 Å². The molecule has 1 aliphatic heterocycles. The van der Waals surface area contributed by atoms with Crippen LogP contribution in [0.3, 0.4) is 0 Å². The number of furan rings is 1. The van der Waals surface area contributed by atoms with Gasteiger partial charge in [0, 0.05) is 19.5 Å². The Hall–Kier alpha value is -3.86. The maximum atomic E-state index is 14.5. The molecule has 0 bridgehead atoms. The Morgan fingerprint density at radius 1 is 1.10 bits per heavy atom. The molecule has 1 saturated heterocycles. The van der Waals surface area contributed by atoms with Gasteiger partial charge in [-0.25, -0.2) is 13.2 Å². The summed E-state index contributed by atoms with van der Waals surface area (Å²) in [5.74, 6) is -0.593. The summed E-state index contributed by atoms with van der Waals surface area (Å²) < 4.78 is 31.8. The lowest BCUT2D eigenvalue weighted by Crippen LogP contribution is -2.64. The van der Waals surface area contributed by atoms with Crippen molar-refractivity contribution >= 4 is 39.4 Å². The van der Waals surface area contributed by atoms with Gasteiger partial charge in [-0.05, 0) is 60.5 Å². The predicted octanol–water partition coefficient (Wildman–Crippen LogP) is 3.09. The van der Waals surface area contributed by atoms with E-state index in [1.54, 1.807) is 32.9 Å². The van der Waals surface area contributed by atoms with Crippen molar-refractivity contribution in [3.63, 3.8) is 0 Å². The minimum Gasteiger partial charge on any atom is -0.468 e. The van der Waals surface area contributed by atoms with Gasteiger partial charge < -0.3 is 30.6 Å². The standard InChI is InChI=1S/C37H55N5O8S/c1-8-10-16-26(29(43)32(45)38-19-9-2)39-31(44)28-27-25(36(27,6)7)21-42(28)33(46)30(35(3,4)5)40-34(47)41-37(17-12-11-13-18-37)23-51(48,49)22-24-15-14-20-50-24/h1,14-15,20,25-28,30H,9-13,16-19,21-23H2,2-7H3,(H,38,45)(H,39,44)(H2,40,41,47)/t25?,26?,27-,28-,30+/m0/s1. The van der Waals surface area contributed by atoms with Crippen LogP contribution >= 0.6 is 0 Å². The monoisotopic (exact) mass is 729 g/mol. The SMILES string of the molecule is C#CCCC(NC(=O)[C@@H]1[C@@H]2C(CN1C(=O)[C@@H](NC(=O)NC1(CS(=O)(=O)Cc3ccco3)CCCCC1)C(C)(C)C)C2(C)C)C(=O)C(=O)NCCC. The van der Waals surface area contributed by atoms with E-state index in [1.807, 2.05) is 20.8 Å². The number of fused-ring (bicyclic) bond motifs is 1. The van der Waals surface area contributed by atoms with E-state index in [2.05, 4.69) is 27.2 Å². The molecule has 13 nitrogen and oxygen atoms in total. The molecule has 2 heterocycles. The second-order valence-electron chi connectivity index (χ2n) is 16.2. The third-order valence-electron chi connectivity index (χ3n) is 10.7. The van der Waals surface area contributed by atoms with Crippen molar-refractivity contribution in [1.82, 2.24) is 26.2 Å². The average Bonchev–Trinajstić information content (AvgIpc) is 3.45. The molecule has 1 aromatic rings. The molecule has 0 radical (unpaired) electrons. The normalized spacial score (nSPS) is 23.2. The molecule has 14 heteroatoms. The zero-order valence-electron chi connectivity index (χ0n) is 30.8. The number of amides is 5. The molecule has 1 aromatic heterocycles. The summed E-state index contributed by atoms with van der Waals surface area (Å²) in [6.07, 6.45) is 11.0. The molecule has 4 rings (SSSR count). The number of nitrogens with zero attached hydrogens (tertiary/aromatic N) is 1. The van der Waals surface area contributed by atoms with Crippen LogP contribution in [0.4, 0.5) is 4.79 Å². The van der Waals surface area contributed by atoms with Gasteiger partial charge in [-0.1, -0.05) is 60.8 Å². The van der Waals surface area contributed by atoms with Crippen molar-refractivity contribution in [2.75, 3.05) is 18.8 Å². The Morgan fingerprint density at radius 2 is 1.78 bits per heavy atom. The Morgan fingerprint density at radius 3 is 2.37 bits per heavy atom. The number of likely N-dealkylation sites (tertiary alicyclic amines) is 1. The maximum absolute atomic E-state index is 14.5. The summed E-state index contributed by atoms with van der Waals surface area (Å²) in [5.41, 5.74) is -2.07. The van der Waals surface area contributed by atoms with Gasteiger partial charge in [0.2, 0.25) is 17.6 Å². The summed E-state index contributed by atoms with van der Waals surface area (Å²) in [5, 5.41) is 11.1. The van der Waals surface area contributed by atoms with E-state index < -0.39 is 68.5 Å². The summed E-state index contributed by atoms with van der Waals surface area (Å²) in [6.45, 7) is 11.9. The van der Waals surface area contributed by atoms with Crippen molar-refractivity contribution in [3.05, 3.63) is 24.2 Å². The van der Waals surface area contributed by atoms with Crippen molar-refractivity contribution in [1.29, 1.82) is 0 Å². The van der Waals surface area contributed by atoms with Crippen LogP contribution in [0.1, 0.15) is 98.7 Å². The smallest absolute Gasteiger partial charge is 0.315 e. The van der Waals surface area contributed by atoms with E-state index in [0.717, 1.165) is 19.3 Å². The highest BCUT2D eigenvalue weighted by molar-refractivity contribution is 7.90. The van der Waals surface area contributed by atoms with E-state index in [-0.39, 0.29) is 48.1 Å². The van der Waals surface area contributed by atoms with Crippen LogP contribution in [0.5, 0.6) is 0 Å². The fourth-order valence-corrected chi connectivity index (χ4v) is 9.79. The molecule has 2 aliphatic carbocycles. The largest absolute Gasteiger partial charge is 0.468 e. The molecular weight excluding hydrogens is 675 g/mol. The first-order valence-corrected chi connectivity index (χ1v) is 19.9. The molecular formula is C37H55N5O8S. The summed E-state index contributed by atoms with van der Waals surface area (Å²) in [4.78, 5) is 69.4. The number of terminal acetylenes is 1. The van der Waals surface area contributed by atoms with Crippen LogP contribution in [-0.2, 0) is 34.8 Å². The summed E-state index contributed by atoms with van der Waals surface area (Å²) in [6, 6.07) is -0.624. The minimum atomic E-state index is -3.67. The van der Waals surface area contributed by atoms with Crippen molar-refractivity contribution < 1.29 is 36.8 Å². The van der Waals surface area contributed by atoms with Crippen LogP contribution in [-0.4, -0.2) is 85.4 Å². The number of sulfone groups is 1. The molecule has 2 saturated carbocycles. The van der Waals surface area contributed by atoms with Crippen LogP contribution in [0.2, 0.25) is 0 Å². The maximum Gasteiger partial charge on any atom is 0.315 e. The van der Waals surface area contributed by atoms with E-state index in [9.17, 15) is 32.4 Å². The number of carbonyl (C=O) groups is 5. The Balaban J connectivity index is 1.53. The lowest BCUT2D eigenvalue weighted by atomic mass is 9.83. The minimum absolute atomic E-state index is 0.0178. The first-order chi connectivity index (χ1) is 23.9. The number of Topliss-reactive ketones (excluding diaryl/α,β-unsaturated/α-hetero) is 1. The number of rotatable bonds is 15. The number of urea groups is 1.